The summed E-state index contributed by atoms with van der Waals surface area (Å²) in [5.74, 6) is 0.529. The van der Waals surface area contributed by atoms with Crippen LogP contribution in [0.3, 0.4) is 0 Å². The largest absolute Gasteiger partial charge is 0.325 e. The summed E-state index contributed by atoms with van der Waals surface area (Å²) in [5, 5.41) is 2.88. The molecule has 6 nitrogen and oxygen atoms in total. The third-order valence-corrected chi connectivity index (χ3v) is 7.55. The maximum Gasteiger partial charge on any atom is 0.243 e. The molecule has 27 heavy (non-hydrogen) atoms. The van der Waals surface area contributed by atoms with E-state index in [1.807, 2.05) is 0 Å². The molecule has 1 aromatic carbocycles. The number of anilines is 1. The highest BCUT2D eigenvalue weighted by Gasteiger charge is 2.27. The van der Waals surface area contributed by atoms with E-state index >= 15 is 0 Å². The number of sulfonamides is 1. The number of carbonyl (C=O) groups excluding carboxylic acids is 1. The predicted octanol–water partition coefficient (Wildman–Crippen LogP) is 2.84. The lowest BCUT2D eigenvalue weighted by Gasteiger charge is -2.30. The molecule has 2 fully saturated rings. The first-order valence-electron chi connectivity index (χ1n) is 9.99. The molecule has 7 heteroatoms. The van der Waals surface area contributed by atoms with Crippen molar-refractivity contribution < 1.29 is 13.2 Å². The fourth-order valence-electron chi connectivity index (χ4n) is 4.03. The number of nitrogens with one attached hydrogen (secondary N) is 1. The Labute approximate surface area is 163 Å². The summed E-state index contributed by atoms with van der Waals surface area (Å²) in [6.07, 6.45) is 5.23. The molecule has 0 bridgehead atoms. The molecule has 0 spiro atoms. The first-order chi connectivity index (χ1) is 12.9. The molecule has 0 saturated carbocycles. The normalized spacial score (nSPS) is 22.5. The van der Waals surface area contributed by atoms with E-state index in [-0.39, 0.29) is 5.91 Å². The van der Waals surface area contributed by atoms with Crippen molar-refractivity contribution in [3.63, 3.8) is 0 Å². The van der Waals surface area contributed by atoms with Gasteiger partial charge in [-0.15, -0.1) is 0 Å². The van der Waals surface area contributed by atoms with Crippen LogP contribution in [0.2, 0.25) is 0 Å². The van der Waals surface area contributed by atoms with E-state index in [2.05, 4.69) is 17.1 Å². The number of rotatable bonds is 5. The zero-order valence-electron chi connectivity index (χ0n) is 16.4. The lowest BCUT2D eigenvalue weighted by atomic mass is 10.0. The lowest BCUT2D eigenvalue weighted by molar-refractivity contribution is -0.117. The van der Waals surface area contributed by atoms with Gasteiger partial charge in [0.25, 0.3) is 0 Å². The Bertz CT molecular complexity index is 773. The maximum absolute atomic E-state index is 13.0. The fraction of sp³-hybridized carbons (Fsp3) is 0.650. The van der Waals surface area contributed by atoms with E-state index in [4.69, 9.17) is 0 Å². The summed E-state index contributed by atoms with van der Waals surface area (Å²) in [7, 11) is -3.51. The van der Waals surface area contributed by atoms with Gasteiger partial charge in [-0.2, -0.15) is 4.31 Å². The molecule has 1 amide bonds. The van der Waals surface area contributed by atoms with Crippen LogP contribution >= 0.6 is 0 Å². The van der Waals surface area contributed by atoms with Crippen LogP contribution in [0, 0.1) is 12.8 Å². The van der Waals surface area contributed by atoms with Gasteiger partial charge >= 0.3 is 0 Å². The van der Waals surface area contributed by atoms with Crippen molar-refractivity contribution in [1.29, 1.82) is 0 Å². The highest BCUT2D eigenvalue weighted by Crippen LogP contribution is 2.26. The minimum Gasteiger partial charge on any atom is -0.325 e. The summed E-state index contributed by atoms with van der Waals surface area (Å²) < 4.78 is 27.6. The second kappa shape index (κ2) is 8.71. The average Bonchev–Trinajstić information content (AvgIpc) is 2.64. The van der Waals surface area contributed by atoms with Crippen LogP contribution in [0.15, 0.2) is 23.1 Å². The van der Waals surface area contributed by atoms with Crippen molar-refractivity contribution in [1.82, 2.24) is 9.21 Å². The third kappa shape index (κ3) is 5.09. The molecule has 2 saturated heterocycles. The molecule has 2 heterocycles. The molecule has 3 rings (SSSR count). The Morgan fingerprint density at radius 2 is 1.89 bits per heavy atom. The standard InChI is InChI=1S/C20H31N3O3S/c1-16-7-6-10-22(14-16)15-20(24)21-18-9-8-17(2)19(13-18)27(25,26)23-11-4-3-5-12-23/h8-9,13,16H,3-7,10-12,14-15H2,1-2H3,(H,21,24)/t16-/m1/s1. The Balaban J connectivity index is 1.70. The molecule has 1 atom stereocenters. The van der Waals surface area contributed by atoms with E-state index in [1.54, 1.807) is 29.4 Å². The van der Waals surface area contributed by atoms with Gasteiger partial charge in [0, 0.05) is 25.3 Å². The number of hydrogen-bond acceptors (Lipinski definition) is 4. The quantitative estimate of drug-likeness (QED) is 0.835. The molecule has 1 aromatic rings. The SMILES string of the molecule is Cc1ccc(NC(=O)CN2CCC[C@@H](C)C2)cc1S(=O)(=O)N1CCCCC1. The van der Waals surface area contributed by atoms with E-state index < -0.39 is 10.0 Å². The maximum atomic E-state index is 13.0. The van der Waals surface area contributed by atoms with Gasteiger partial charge in [-0.3, -0.25) is 9.69 Å². The molecule has 2 aliphatic rings. The Hall–Kier alpha value is -1.44. The second-order valence-electron chi connectivity index (χ2n) is 7.98. The molecular weight excluding hydrogens is 362 g/mol. The first kappa shape index (κ1) is 20.3. The summed E-state index contributed by atoms with van der Waals surface area (Å²) in [6, 6.07) is 5.16. The lowest BCUT2D eigenvalue weighted by Crippen LogP contribution is -2.39. The Morgan fingerprint density at radius 3 is 2.59 bits per heavy atom. The van der Waals surface area contributed by atoms with Crippen molar-refractivity contribution >= 4 is 21.6 Å². The third-order valence-electron chi connectivity index (χ3n) is 5.51. The van der Waals surface area contributed by atoms with Crippen molar-refractivity contribution in [3.8, 4) is 0 Å². The zero-order valence-corrected chi connectivity index (χ0v) is 17.2. The van der Waals surface area contributed by atoms with Crippen molar-refractivity contribution in [2.75, 3.05) is 38.0 Å². The fourth-order valence-corrected chi connectivity index (χ4v) is 5.80. The van der Waals surface area contributed by atoms with E-state index in [0.29, 0.717) is 41.7 Å². The van der Waals surface area contributed by atoms with E-state index in [0.717, 1.165) is 38.8 Å². The number of benzene rings is 1. The van der Waals surface area contributed by atoms with Crippen LogP contribution in [0.4, 0.5) is 5.69 Å². The number of carbonyl (C=O) groups is 1. The van der Waals surface area contributed by atoms with Crippen LogP contribution in [0.1, 0.15) is 44.6 Å². The molecule has 1 N–H and O–H groups in total. The molecule has 2 aliphatic heterocycles. The van der Waals surface area contributed by atoms with Gasteiger partial charge in [0.05, 0.1) is 11.4 Å². The number of amides is 1. The van der Waals surface area contributed by atoms with Gasteiger partial charge in [-0.1, -0.05) is 19.4 Å². The predicted molar refractivity (Wildman–Crippen MR) is 107 cm³/mol. The smallest absolute Gasteiger partial charge is 0.243 e. The average molecular weight is 394 g/mol. The van der Waals surface area contributed by atoms with Crippen LogP contribution in [-0.4, -0.2) is 56.3 Å². The number of piperidine rings is 2. The van der Waals surface area contributed by atoms with Crippen molar-refractivity contribution in [3.05, 3.63) is 23.8 Å². The summed E-state index contributed by atoms with van der Waals surface area (Å²) in [6.45, 7) is 7.40. The monoisotopic (exact) mass is 393 g/mol. The highest BCUT2D eigenvalue weighted by molar-refractivity contribution is 7.89. The van der Waals surface area contributed by atoms with Gasteiger partial charge in [-0.05, 0) is 62.8 Å². The number of likely N-dealkylation sites (tertiary alicyclic amines) is 1. The van der Waals surface area contributed by atoms with Crippen LogP contribution in [-0.2, 0) is 14.8 Å². The van der Waals surface area contributed by atoms with Crippen LogP contribution in [0.25, 0.3) is 0 Å². The Morgan fingerprint density at radius 1 is 1.15 bits per heavy atom. The van der Waals surface area contributed by atoms with Gasteiger partial charge in [0.15, 0.2) is 0 Å². The molecule has 150 valence electrons. The first-order valence-corrected chi connectivity index (χ1v) is 11.4. The summed E-state index contributed by atoms with van der Waals surface area (Å²) in [4.78, 5) is 14.9. The van der Waals surface area contributed by atoms with Crippen molar-refractivity contribution in [2.24, 2.45) is 5.92 Å². The highest BCUT2D eigenvalue weighted by atomic mass is 32.2. The van der Waals surface area contributed by atoms with Crippen LogP contribution < -0.4 is 5.32 Å². The number of nitrogens with zero attached hydrogens (tertiary/aromatic N) is 2. The van der Waals surface area contributed by atoms with E-state index in [9.17, 15) is 13.2 Å². The summed E-state index contributed by atoms with van der Waals surface area (Å²) in [5.41, 5.74) is 1.26. The molecule has 0 unspecified atom stereocenters. The molecule has 0 aliphatic carbocycles. The molecule has 0 radical (unpaired) electrons. The minimum absolute atomic E-state index is 0.0886. The topological polar surface area (TPSA) is 69.7 Å². The summed E-state index contributed by atoms with van der Waals surface area (Å²) >= 11 is 0. The Kier molecular flexibility index (Phi) is 6.55. The van der Waals surface area contributed by atoms with Gasteiger partial charge in [-0.25, -0.2) is 8.42 Å². The number of aryl methyl sites for hydroxylation is 1. The van der Waals surface area contributed by atoms with Crippen LogP contribution in [0.5, 0.6) is 0 Å². The molecular formula is C20H31N3O3S. The zero-order chi connectivity index (χ0) is 19.4. The minimum atomic E-state index is -3.51. The van der Waals surface area contributed by atoms with Crippen molar-refractivity contribution in [2.45, 2.75) is 50.8 Å². The number of hydrogen-bond donors (Lipinski definition) is 1. The van der Waals surface area contributed by atoms with E-state index in [1.165, 1.54) is 6.42 Å². The van der Waals surface area contributed by atoms with Gasteiger partial charge < -0.3 is 5.32 Å². The molecule has 0 aromatic heterocycles. The van der Waals surface area contributed by atoms with Gasteiger partial charge in [0.1, 0.15) is 0 Å². The second-order valence-corrected chi connectivity index (χ2v) is 9.88. The van der Waals surface area contributed by atoms with Gasteiger partial charge in [0.2, 0.25) is 15.9 Å².